The van der Waals surface area contributed by atoms with Gasteiger partial charge in [-0.15, -0.1) is 11.3 Å². The van der Waals surface area contributed by atoms with Crippen molar-refractivity contribution in [1.82, 2.24) is 9.88 Å². The first-order chi connectivity index (χ1) is 10.6. The van der Waals surface area contributed by atoms with Crippen LogP contribution >= 0.6 is 27.3 Å². The lowest BCUT2D eigenvalue weighted by atomic mass is 10.3. The van der Waals surface area contributed by atoms with Crippen molar-refractivity contribution in [3.63, 3.8) is 0 Å². The summed E-state index contributed by atoms with van der Waals surface area (Å²) < 4.78 is 9.31. The van der Waals surface area contributed by atoms with Crippen LogP contribution in [0, 0.1) is 0 Å². The average Bonchev–Trinajstić information content (AvgIpc) is 3.16. The Labute approximate surface area is 140 Å². The van der Waals surface area contributed by atoms with E-state index in [1.165, 1.54) is 0 Å². The van der Waals surface area contributed by atoms with E-state index in [0.29, 0.717) is 18.8 Å². The number of amides is 1. The smallest absolute Gasteiger partial charge is 0.268 e. The summed E-state index contributed by atoms with van der Waals surface area (Å²) >= 11 is 5.17. The highest BCUT2D eigenvalue weighted by molar-refractivity contribution is 9.10. The molecular formula is C16H15BrN2O2S. The second kappa shape index (κ2) is 6.14. The molecule has 0 saturated carbocycles. The minimum Gasteiger partial charge on any atom is -0.467 e. The predicted octanol–water partition coefficient (Wildman–Crippen LogP) is 4.56. The number of furan rings is 1. The molecule has 3 aromatic rings. The molecule has 0 radical (unpaired) electrons. The van der Waals surface area contributed by atoms with E-state index < -0.39 is 0 Å². The van der Waals surface area contributed by atoms with E-state index in [1.807, 2.05) is 29.0 Å². The second-order valence-electron chi connectivity index (χ2n) is 5.13. The Hall–Kier alpha value is -1.79. The lowest BCUT2D eigenvalue weighted by Crippen LogP contribution is -2.25. The number of hydrogen-bond acceptors (Lipinski definition) is 3. The van der Waals surface area contributed by atoms with Crippen LogP contribution in [0.1, 0.15) is 23.2 Å². The van der Waals surface area contributed by atoms with E-state index in [1.54, 1.807) is 23.7 Å². The van der Waals surface area contributed by atoms with Gasteiger partial charge < -0.3 is 14.3 Å². The van der Waals surface area contributed by atoms with Crippen LogP contribution in [0.25, 0.3) is 10.2 Å². The molecule has 0 atom stereocenters. The van der Waals surface area contributed by atoms with Gasteiger partial charge in [-0.1, -0.05) is 12.2 Å². The molecule has 3 heterocycles. The number of carbonyl (C=O) groups is 1. The van der Waals surface area contributed by atoms with Gasteiger partial charge in [-0.3, -0.25) is 4.79 Å². The molecule has 0 saturated heterocycles. The highest BCUT2D eigenvalue weighted by atomic mass is 79.9. The van der Waals surface area contributed by atoms with Crippen LogP contribution in [0.15, 0.2) is 50.9 Å². The topological polar surface area (TPSA) is 47.2 Å². The summed E-state index contributed by atoms with van der Waals surface area (Å²) in [6, 6.07) is 5.56. The van der Waals surface area contributed by atoms with Crippen molar-refractivity contribution in [2.24, 2.45) is 0 Å². The van der Waals surface area contributed by atoms with Crippen molar-refractivity contribution in [3.8, 4) is 0 Å². The van der Waals surface area contributed by atoms with E-state index in [4.69, 9.17) is 4.42 Å². The third kappa shape index (κ3) is 2.89. The van der Waals surface area contributed by atoms with Crippen LogP contribution in [-0.4, -0.2) is 10.5 Å². The van der Waals surface area contributed by atoms with Crippen molar-refractivity contribution in [2.45, 2.75) is 20.0 Å². The number of carbonyl (C=O) groups excluding carboxylic acids is 1. The number of rotatable bonds is 5. The van der Waals surface area contributed by atoms with E-state index in [-0.39, 0.29) is 5.91 Å². The minimum absolute atomic E-state index is 0.118. The molecule has 1 N–H and O–H groups in total. The fourth-order valence-electron chi connectivity index (χ4n) is 2.32. The molecule has 0 aromatic carbocycles. The molecule has 0 unspecified atom stereocenters. The van der Waals surface area contributed by atoms with Gasteiger partial charge in [0.25, 0.3) is 5.91 Å². The number of allylic oxidation sites excluding steroid dienone is 1. The molecule has 0 fully saturated rings. The Bertz CT molecular complexity index is 830. The average molecular weight is 379 g/mol. The summed E-state index contributed by atoms with van der Waals surface area (Å²) in [7, 11) is 0. The van der Waals surface area contributed by atoms with Crippen molar-refractivity contribution < 1.29 is 9.21 Å². The molecule has 0 aliphatic rings. The maximum absolute atomic E-state index is 12.5. The van der Waals surface area contributed by atoms with Crippen LogP contribution in [0.3, 0.4) is 0 Å². The Balaban J connectivity index is 1.91. The predicted molar refractivity (Wildman–Crippen MR) is 92.2 cm³/mol. The molecule has 0 aliphatic carbocycles. The van der Waals surface area contributed by atoms with Gasteiger partial charge in [0.2, 0.25) is 0 Å². The lowest BCUT2D eigenvalue weighted by molar-refractivity contribution is 0.0939. The largest absolute Gasteiger partial charge is 0.467 e. The first-order valence-corrected chi connectivity index (χ1v) is 8.44. The van der Waals surface area contributed by atoms with Gasteiger partial charge in [0, 0.05) is 11.9 Å². The van der Waals surface area contributed by atoms with Crippen molar-refractivity contribution >= 4 is 43.4 Å². The fourth-order valence-corrected chi connectivity index (χ4v) is 4.02. The Morgan fingerprint density at radius 2 is 2.36 bits per heavy atom. The minimum atomic E-state index is -0.118. The molecule has 0 bridgehead atoms. The van der Waals surface area contributed by atoms with Crippen molar-refractivity contribution in [3.05, 3.63) is 57.9 Å². The molecule has 114 valence electrons. The summed E-state index contributed by atoms with van der Waals surface area (Å²) in [5.74, 6) is 0.613. The zero-order valence-electron chi connectivity index (χ0n) is 12.1. The summed E-state index contributed by atoms with van der Waals surface area (Å²) in [6.07, 6.45) is 1.60. The SMILES string of the molecule is C=C(C)Cn1c(C(=O)NCc2ccco2)cc2scc(Br)c21. The highest BCUT2D eigenvalue weighted by Crippen LogP contribution is 2.33. The summed E-state index contributed by atoms with van der Waals surface area (Å²) in [6.45, 7) is 6.90. The molecule has 1 amide bonds. The van der Waals surface area contributed by atoms with Gasteiger partial charge >= 0.3 is 0 Å². The van der Waals surface area contributed by atoms with Crippen LogP contribution in [0.5, 0.6) is 0 Å². The fraction of sp³-hybridized carbons (Fsp3) is 0.188. The number of nitrogens with zero attached hydrogens (tertiary/aromatic N) is 1. The van der Waals surface area contributed by atoms with Gasteiger partial charge in [-0.25, -0.2) is 0 Å². The van der Waals surface area contributed by atoms with Crippen molar-refractivity contribution in [1.29, 1.82) is 0 Å². The Morgan fingerprint density at radius 1 is 1.55 bits per heavy atom. The summed E-state index contributed by atoms with van der Waals surface area (Å²) in [4.78, 5) is 12.5. The molecule has 0 aliphatic heterocycles. The summed E-state index contributed by atoms with van der Waals surface area (Å²) in [5, 5.41) is 4.92. The maximum atomic E-state index is 12.5. The molecule has 22 heavy (non-hydrogen) atoms. The maximum Gasteiger partial charge on any atom is 0.268 e. The monoisotopic (exact) mass is 378 g/mol. The number of thiophene rings is 1. The van der Waals surface area contributed by atoms with Crippen LogP contribution in [-0.2, 0) is 13.1 Å². The zero-order valence-corrected chi connectivity index (χ0v) is 14.5. The second-order valence-corrected chi connectivity index (χ2v) is 6.90. The molecule has 4 nitrogen and oxygen atoms in total. The van der Waals surface area contributed by atoms with Gasteiger partial charge in [0.1, 0.15) is 11.5 Å². The molecular weight excluding hydrogens is 364 g/mol. The van der Waals surface area contributed by atoms with Gasteiger partial charge in [-0.2, -0.15) is 0 Å². The van der Waals surface area contributed by atoms with E-state index >= 15 is 0 Å². The van der Waals surface area contributed by atoms with Gasteiger partial charge in [0.05, 0.1) is 27.5 Å². The lowest BCUT2D eigenvalue weighted by Gasteiger charge is -2.10. The molecule has 0 spiro atoms. The molecule has 3 rings (SSSR count). The van der Waals surface area contributed by atoms with E-state index in [9.17, 15) is 4.79 Å². The summed E-state index contributed by atoms with van der Waals surface area (Å²) in [5.41, 5.74) is 2.67. The number of hydrogen-bond donors (Lipinski definition) is 1. The van der Waals surface area contributed by atoms with Crippen LogP contribution < -0.4 is 5.32 Å². The highest BCUT2D eigenvalue weighted by Gasteiger charge is 2.18. The number of fused-ring (bicyclic) bond motifs is 1. The third-order valence-corrected chi connectivity index (χ3v) is 5.07. The molecule has 6 heteroatoms. The third-order valence-electron chi connectivity index (χ3n) is 3.24. The van der Waals surface area contributed by atoms with E-state index in [0.717, 1.165) is 26.0 Å². The normalized spacial score (nSPS) is 11.0. The number of halogens is 1. The number of nitrogens with one attached hydrogen (secondary N) is 1. The zero-order chi connectivity index (χ0) is 15.7. The first-order valence-electron chi connectivity index (χ1n) is 6.77. The molecule has 3 aromatic heterocycles. The Morgan fingerprint density at radius 3 is 3.05 bits per heavy atom. The standard InChI is InChI=1S/C16H15BrN2O2S/c1-10(2)8-19-13(6-14-15(19)12(17)9-22-14)16(20)18-7-11-4-3-5-21-11/h3-6,9H,1,7-8H2,2H3,(H,18,20). The van der Waals surface area contributed by atoms with Crippen LogP contribution in [0.4, 0.5) is 0 Å². The van der Waals surface area contributed by atoms with Crippen molar-refractivity contribution in [2.75, 3.05) is 0 Å². The van der Waals surface area contributed by atoms with Gasteiger partial charge in [-0.05, 0) is 41.1 Å². The van der Waals surface area contributed by atoms with E-state index in [2.05, 4.69) is 27.8 Å². The van der Waals surface area contributed by atoms with Crippen LogP contribution in [0.2, 0.25) is 0 Å². The number of aromatic nitrogens is 1. The quantitative estimate of drug-likeness (QED) is 0.661. The van der Waals surface area contributed by atoms with Gasteiger partial charge in [0.15, 0.2) is 0 Å². The first kappa shape index (κ1) is 15.1. The Kier molecular flexibility index (Phi) is 4.22.